The Morgan fingerprint density at radius 1 is 1.11 bits per heavy atom. The zero-order valence-electron chi connectivity index (χ0n) is 21.7. The predicted molar refractivity (Wildman–Crippen MR) is 143 cm³/mol. The number of nitrogens with one attached hydrogen (secondary N) is 1. The first kappa shape index (κ1) is 23.7. The molecule has 0 amide bonds. The van der Waals surface area contributed by atoms with E-state index in [4.69, 9.17) is 24.0 Å². The number of rotatable bonds is 5. The first-order valence-corrected chi connectivity index (χ1v) is 12.5. The Morgan fingerprint density at radius 2 is 1.95 bits per heavy atom. The maximum absolute atomic E-state index is 11.7. The summed E-state index contributed by atoms with van der Waals surface area (Å²) in [7, 11) is 0. The molecule has 0 aliphatic carbocycles. The van der Waals surface area contributed by atoms with E-state index in [1.54, 1.807) is 0 Å². The van der Waals surface area contributed by atoms with Gasteiger partial charge >= 0.3 is 5.76 Å². The Balaban J connectivity index is 1.48. The molecule has 0 radical (unpaired) electrons. The van der Waals surface area contributed by atoms with Crippen LogP contribution in [-0.2, 0) is 13.2 Å². The fourth-order valence-corrected chi connectivity index (χ4v) is 5.07. The van der Waals surface area contributed by atoms with Crippen LogP contribution >= 0.6 is 0 Å². The highest BCUT2D eigenvalue weighted by Crippen LogP contribution is 2.40. The van der Waals surface area contributed by atoms with Crippen LogP contribution in [0, 0.1) is 13.8 Å². The summed E-state index contributed by atoms with van der Waals surface area (Å²) in [6.07, 6.45) is 0. The molecule has 6 rings (SSSR count). The largest absolute Gasteiger partial charge is 0.488 e. The van der Waals surface area contributed by atoms with Gasteiger partial charge < -0.3 is 9.47 Å². The molecule has 1 aliphatic heterocycles. The molecule has 0 unspecified atom stereocenters. The van der Waals surface area contributed by atoms with Crippen LogP contribution in [0.25, 0.3) is 22.3 Å². The molecule has 0 saturated carbocycles. The van der Waals surface area contributed by atoms with Crippen molar-refractivity contribution >= 4 is 22.3 Å². The summed E-state index contributed by atoms with van der Waals surface area (Å²) in [6, 6.07) is 16.8. The first-order valence-electron chi connectivity index (χ1n) is 12.5. The standard InChI is InChI=1S/C29H27N5O4/c1-5-36-28-31-25-16(2)12-17(3)30-27(25)34(28)14-19-10-11-21-20(13-19)15-37-23-9-7-6-8-22(23)24(21)18(4)26-32-29(35)38-33-26/h6-13H,5,14-15H2,1-4H3,(H,32,33,35)/b24-18-. The summed E-state index contributed by atoms with van der Waals surface area (Å²) in [5.41, 5.74) is 9.37. The van der Waals surface area contributed by atoms with E-state index >= 15 is 0 Å². The summed E-state index contributed by atoms with van der Waals surface area (Å²) in [6.45, 7) is 9.34. The number of allylic oxidation sites excluding steroid dienone is 1. The van der Waals surface area contributed by atoms with Crippen molar-refractivity contribution < 1.29 is 14.0 Å². The average molecular weight is 510 g/mol. The second-order valence-corrected chi connectivity index (χ2v) is 9.39. The number of hydrogen-bond acceptors (Lipinski definition) is 7. The third kappa shape index (κ3) is 4.06. The SMILES string of the molecule is CCOc1nc2c(C)cc(C)nc2n1Cc1ccc2c(c1)COc1ccccc1/C2=C(/C)c1noc(=O)[nH]1. The molecule has 9 nitrogen and oxygen atoms in total. The van der Waals surface area contributed by atoms with Crippen molar-refractivity contribution in [3.63, 3.8) is 0 Å². The lowest BCUT2D eigenvalue weighted by atomic mass is 9.89. The van der Waals surface area contributed by atoms with Gasteiger partial charge in [0, 0.05) is 16.8 Å². The molecule has 3 aromatic heterocycles. The van der Waals surface area contributed by atoms with Gasteiger partial charge in [0.15, 0.2) is 11.5 Å². The number of H-pyrrole nitrogens is 1. The highest BCUT2D eigenvalue weighted by molar-refractivity contribution is 5.99. The molecule has 0 fully saturated rings. The zero-order chi connectivity index (χ0) is 26.4. The van der Waals surface area contributed by atoms with Crippen LogP contribution < -0.4 is 15.2 Å². The molecule has 192 valence electrons. The number of pyridine rings is 1. The van der Waals surface area contributed by atoms with Gasteiger partial charge in [-0.3, -0.25) is 14.1 Å². The van der Waals surface area contributed by atoms with E-state index in [0.717, 1.165) is 61.6 Å². The smallest absolute Gasteiger partial charge is 0.439 e. The van der Waals surface area contributed by atoms with Crippen LogP contribution in [0.4, 0.5) is 0 Å². The highest BCUT2D eigenvalue weighted by atomic mass is 16.5. The van der Waals surface area contributed by atoms with Crippen LogP contribution in [0.2, 0.25) is 0 Å². The molecule has 5 aromatic rings. The second kappa shape index (κ2) is 9.33. The number of aromatic nitrogens is 5. The van der Waals surface area contributed by atoms with Gasteiger partial charge in [0.1, 0.15) is 17.9 Å². The molecule has 1 N–H and O–H groups in total. The van der Waals surface area contributed by atoms with E-state index in [2.05, 4.69) is 28.3 Å². The molecule has 1 aliphatic rings. The Hall–Kier alpha value is -4.66. The van der Waals surface area contributed by atoms with Gasteiger partial charge in [0.25, 0.3) is 6.01 Å². The van der Waals surface area contributed by atoms with Crippen molar-refractivity contribution in [1.82, 2.24) is 24.7 Å². The summed E-state index contributed by atoms with van der Waals surface area (Å²) >= 11 is 0. The topological polar surface area (TPSA) is 108 Å². The van der Waals surface area contributed by atoms with Crippen molar-refractivity contribution in [3.8, 4) is 11.8 Å². The Morgan fingerprint density at radius 3 is 2.74 bits per heavy atom. The van der Waals surface area contributed by atoms with Gasteiger partial charge in [0.2, 0.25) is 0 Å². The van der Waals surface area contributed by atoms with Crippen LogP contribution in [0.3, 0.4) is 0 Å². The molecule has 4 heterocycles. The van der Waals surface area contributed by atoms with E-state index in [0.29, 0.717) is 31.6 Å². The fourth-order valence-electron chi connectivity index (χ4n) is 5.07. The summed E-state index contributed by atoms with van der Waals surface area (Å²) in [5.74, 6) is 0.560. The van der Waals surface area contributed by atoms with Gasteiger partial charge in [-0.1, -0.05) is 35.5 Å². The van der Waals surface area contributed by atoms with Crippen molar-refractivity contribution in [1.29, 1.82) is 0 Å². The number of aryl methyl sites for hydroxylation is 2. The summed E-state index contributed by atoms with van der Waals surface area (Å²) < 4.78 is 19.0. The van der Waals surface area contributed by atoms with Crippen LogP contribution in [0.5, 0.6) is 11.8 Å². The van der Waals surface area contributed by atoms with E-state index < -0.39 is 5.76 Å². The quantitative estimate of drug-likeness (QED) is 0.353. The van der Waals surface area contributed by atoms with Crippen molar-refractivity contribution in [2.45, 2.75) is 40.8 Å². The number of hydrogen-bond donors (Lipinski definition) is 1. The Kier molecular flexibility index (Phi) is 5.83. The number of fused-ring (bicyclic) bond motifs is 3. The lowest BCUT2D eigenvalue weighted by molar-refractivity contribution is 0.300. The van der Waals surface area contributed by atoms with Crippen LogP contribution in [0.15, 0.2) is 57.8 Å². The minimum Gasteiger partial charge on any atom is -0.488 e. The molecule has 2 aromatic carbocycles. The molecule has 0 saturated heterocycles. The third-order valence-electron chi connectivity index (χ3n) is 6.75. The minimum atomic E-state index is -0.592. The minimum absolute atomic E-state index is 0.389. The molecular formula is C29H27N5O4. The van der Waals surface area contributed by atoms with Gasteiger partial charge in [-0.2, -0.15) is 4.98 Å². The van der Waals surface area contributed by atoms with E-state index in [9.17, 15) is 4.79 Å². The van der Waals surface area contributed by atoms with Gasteiger partial charge in [-0.05, 0) is 73.7 Å². The normalized spacial score (nSPS) is 14.0. The lowest BCUT2D eigenvalue weighted by Gasteiger charge is -2.15. The van der Waals surface area contributed by atoms with E-state index in [-0.39, 0.29) is 0 Å². The second-order valence-electron chi connectivity index (χ2n) is 9.39. The molecule has 0 atom stereocenters. The Labute approximate surface area is 218 Å². The molecular weight excluding hydrogens is 482 g/mol. The average Bonchev–Trinajstić information content (AvgIpc) is 3.43. The molecule has 0 spiro atoms. The van der Waals surface area contributed by atoms with Gasteiger partial charge in [0.05, 0.1) is 13.2 Å². The maximum Gasteiger partial charge on any atom is 0.439 e. The van der Waals surface area contributed by atoms with Gasteiger partial charge in [-0.25, -0.2) is 9.78 Å². The first-order chi connectivity index (χ1) is 18.4. The van der Waals surface area contributed by atoms with Crippen molar-refractivity contribution in [3.05, 3.63) is 98.4 Å². The van der Waals surface area contributed by atoms with Crippen molar-refractivity contribution in [2.75, 3.05) is 6.61 Å². The summed E-state index contributed by atoms with van der Waals surface area (Å²) in [5, 5.41) is 3.93. The maximum atomic E-state index is 11.7. The van der Waals surface area contributed by atoms with E-state index in [1.165, 1.54) is 0 Å². The number of nitrogens with zero attached hydrogens (tertiary/aromatic N) is 4. The van der Waals surface area contributed by atoms with Gasteiger partial charge in [-0.15, -0.1) is 0 Å². The van der Waals surface area contributed by atoms with Crippen LogP contribution in [-0.4, -0.2) is 31.3 Å². The zero-order valence-corrected chi connectivity index (χ0v) is 21.7. The number of ether oxygens (including phenoxy) is 2. The number of para-hydroxylation sites is 1. The highest BCUT2D eigenvalue weighted by Gasteiger charge is 2.24. The molecule has 0 bridgehead atoms. The predicted octanol–water partition coefficient (Wildman–Crippen LogP) is 5.04. The number of imidazole rings is 1. The molecule has 9 heteroatoms. The lowest BCUT2D eigenvalue weighted by Crippen LogP contribution is -2.07. The number of aromatic amines is 1. The van der Waals surface area contributed by atoms with Crippen LogP contribution in [0.1, 0.15) is 53.2 Å². The van der Waals surface area contributed by atoms with Crippen molar-refractivity contribution in [2.24, 2.45) is 0 Å². The third-order valence-corrected chi connectivity index (χ3v) is 6.75. The number of benzene rings is 2. The molecule has 38 heavy (non-hydrogen) atoms. The Bertz CT molecular complexity index is 1780. The monoisotopic (exact) mass is 509 g/mol. The fraction of sp³-hybridized carbons (Fsp3) is 0.241. The summed E-state index contributed by atoms with van der Waals surface area (Å²) in [4.78, 5) is 23.9. The van der Waals surface area contributed by atoms with E-state index in [1.807, 2.05) is 62.6 Å².